The quantitative estimate of drug-likeness (QED) is 0.687. The Morgan fingerprint density at radius 1 is 1.56 bits per heavy atom. The van der Waals surface area contributed by atoms with Crippen LogP contribution in [0.15, 0.2) is 12.4 Å². The summed E-state index contributed by atoms with van der Waals surface area (Å²) in [6.07, 6.45) is 5.20. The van der Waals surface area contributed by atoms with Crippen LogP contribution in [0.2, 0.25) is 0 Å². The van der Waals surface area contributed by atoms with E-state index >= 15 is 0 Å². The Hall–Kier alpha value is -1.58. The van der Waals surface area contributed by atoms with Gasteiger partial charge in [-0.15, -0.1) is 0 Å². The maximum atomic E-state index is 11.2. The molecule has 1 fully saturated rings. The molecule has 0 aliphatic carbocycles. The predicted octanol–water partition coefficient (Wildman–Crippen LogP) is 3.29. The number of hydrogen-bond donors (Lipinski definition) is 2. The molecule has 3 rings (SSSR count). The standard InChI is InChI=1S/C17H24IN5O2/c1-10(17(2,3)25-16(19)24)11-5-4-6-23(9-11)13-8-21-15-14(22-13)12(18)7-20-15/h7-8,10-11H,4-6,9H2,1-3H3,(H2,19,24)(H,20,21). The van der Waals surface area contributed by atoms with E-state index in [-0.39, 0.29) is 5.92 Å². The van der Waals surface area contributed by atoms with Gasteiger partial charge >= 0.3 is 6.09 Å². The molecule has 1 saturated heterocycles. The van der Waals surface area contributed by atoms with E-state index in [2.05, 4.69) is 44.4 Å². The monoisotopic (exact) mass is 457 g/mol. The van der Waals surface area contributed by atoms with Gasteiger partial charge in [-0.2, -0.15) is 0 Å². The molecule has 7 nitrogen and oxygen atoms in total. The third-order valence-corrected chi connectivity index (χ3v) is 6.09. The fourth-order valence-electron chi connectivity index (χ4n) is 3.55. The summed E-state index contributed by atoms with van der Waals surface area (Å²) in [5.41, 5.74) is 6.35. The third-order valence-electron chi connectivity index (χ3n) is 5.27. The Labute approximate surface area is 160 Å². The molecule has 2 aromatic heterocycles. The summed E-state index contributed by atoms with van der Waals surface area (Å²) in [6, 6.07) is 0. The van der Waals surface area contributed by atoms with Crippen LogP contribution in [0.5, 0.6) is 0 Å². The van der Waals surface area contributed by atoms with E-state index in [1.165, 1.54) is 0 Å². The predicted molar refractivity (Wildman–Crippen MR) is 105 cm³/mol. The number of aromatic amines is 1. The highest BCUT2D eigenvalue weighted by molar-refractivity contribution is 14.1. The van der Waals surface area contributed by atoms with E-state index in [0.29, 0.717) is 5.92 Å². The number of ether oxygens (including phenoxy) is 1. The molecule has 8 heteroatoms. The zero-order chi connectivity index (χ0) is 18.2. The number of H-pyrrole nitrogens is 1. The lowest BCUT2D eigenvalue weighted by molar-refractivity contribution is -0.0183. The molecule has 0 spiro atoms. The number of aromatic nitrogens is 3. The van der Waals surface area contributed by atoms with Crippen LogP contribution in [0.4, 0.5) is 10.6 Å². The molecule has 0 bridgehead atoms. The molecule has 2 atom stereocenters. The first-order valence-electron chi connectivity index (χ1n) is 8.51. The summed E-state index contributed by atoms with van der Waals surface area (Å²) in [5.74, 6) is 1.48. The summed E-state index contributed by atoms with van der Waals surface area (Å²) in [7, 11) is 0. The maximum Gasteiger partial charge on any atom is 0.405 e. The van der Waals surface area contributed by atoms with Crippen molar-refractivity contribution >= 4 is 45.7 Å². The van der Waals surface area contributed by atoms with Gasteiger partial charge in [-0.05, 0) is 61.1 Å². The second-order valence-corrected chi connectivity index (χ2v) is 8.39. The number of piperidine rings is 1. The molecular weight excluding hydrogens is 433 g/mol. The van der Waals surface area contributed by atoms with Crippen molar-refractivity contribution in [2.75, 3.05) is 18.0 Å². The van der Waals surface area contributed by atoms with Crippen molar-refractivity contribution in [1.82, 2.24) is 15.0 Å². The number of rotatable bonds is 4. The number of amides is 1. The molecule has 2 unspecified atom stereocenters. The van der Waals surface area contributed by atoms with Crippen molar-refractivity contribution in [2.24, 2.45) is 17.6 Å². The first kappa shape index (κ1) is 18.2. The number of halogens is 1. The number of nitrogens with one attached hydrogen (secondary N) is 1. The lowest BCUT2D eigenvalue weighted by Crippen LogP contribution is -2.46. The summed E-state index contributed by atoms with van der Waals surface area (Å²) in [5, 5.41) is 0. The molecule has 0 aromatic carbocycles. The molecule has 3 N–H and O–H groups in total. The van der Waals surface area contributed by atoms with E-state index < -0.39 is 11.7 Å². The molecule has 1 aliphatic rings. The summed E-state index contributed by atoms with van der Waals surface area (Å²) in [4.78, 5) is 25.9. The van der Waals surface area contributed by atoms with Crippen LogP contribution >= 0.6 is 22.6 Å². The first-order valence-corrected chi connectivity index (χ1v) is 9.59. The average Bonchev–Trinajstić information content (AvgIpc) is 2.94. The van der Waals surface area contributed by atoms with Crippen molar-refractivity contribution in [2.45, 2.75) is 39.2 Å². The molecule has 136 valence electrons. The number of carbonyl (C=O) groups excluding carboxylic acids is 1. The van der Waals surface area contributed by atoms with Crippen LogP contribution in [0.1, 0.15) is 33.6 Å². The lowest BCUT2D eigenvalue weighted by Gasteiger charge is -2.41. The Balaban J connectivity index is 1.77. The highest BCUT2D eigenvalue weighted by Crippen LogP contribution is 2.34. The van der Waals surface area contributed by atoms with Gasteiger partial charge in [-0.1, -0.05) is 6.92 Å². The largest absolute Gasteiger partial charge is 0.443 e. The normalized spacial score (nSPS) is 19.8. The van der Waals surface area contributed by atoms with Crippen molar-refractivity contribution in [3.8, 4) is 0 Å². The van der Waals surface area contributed by atoms with Crippen LogP contribution < -0.4 is 10.6 Å². The number of carbonyl (C=O) groups is 1. The SMILES string of the molecule is CC(C1CCCN(c2cnc3[nH]cc(I)c3n2)C1)C(C)(C)OC(N)=O. The zero-order valence-electron chi connectivity index (χ0n) is 14.8. The molecule has 1 aliphatic heterocycles. The van der Waals surface area contributed by atoms with Crippen LogP contribution in [0, 0.1) is 15.4 Å². The second-order valence-electron chi connectivity index (χ2n) is 7.22. The highest BCUT2D eigenvalue weighted by atomic mass is 127. The molecule has 2 aromatic rings. The smallest absolute Gasteiger partial charge is 0.405 e. The van der Waals surface area contributed by atoms with Gasteiger partial charge in [0.1, 0.15) is 16.9 Å². The van der Waals surface area contributed by atoms with Gasteiger partial charge in [0.25, 0.3) is 0 Å². The van der Waals surface area contributed by atoms with Crippen LogP contribution in [-0.4, -0.2) is 39.7 Å². The van der Waals surface area contributed by atoms with Gasteiger partial charge in [0.15, 0.2) is 5.65 Å². The molecule has 0 saturated carbocycles. The number of anilines is 1. The third kappa shape index (κ3) is 3.83. The maximum absolute atomic E-state index is 11.2. The van der Waals surface area contributed by atoms with Gasteiger partial charge in [-0.25, -0.2) is 14.8 Å². The Kier molecular flexibility index (Phi) is 5.08. The topological polar surface area (TPSA) is 97.1 Å². The highest BCUT2D eigenvalue weighted by Gasteiger charge is 2.37. The van der Waals surface area contributed by atoms with E-state index in [0.717, 1.165) is 46.5 Å². The van der Waals surface area contributed by atoms with E-state index in [1.54, 1.807) is 0 Å². The molecule has 1 amide bonds. The van der Waals surface area contributed by atoms with E-state index in [4.69, 9.17) is 15.5 Å². The first-order chi connectivity index (χ1) is 11.8. The lowest BCUT2D eigenvalue weighted by atomic mass is 9.77. The Morgan fingerprint density at radius 3 is 3.04 bits per heavy atom. The van der Waals surface area contributed by atoms with Crippen LogP contribution in [0.3, 0.4) is 0 Å². The minimum atomic E-state index is -0.720. The van der Waals surface area contributed by atoms with E-state index in [9.17, 15) is 4.79 Å². The minimum absolute atomic E-state index is 0.187. The number of nitrogens with zero attached hydrogens (tertiary/aromatic N) is 3. The van der Waals surface area contributed by atoms with Crippen molar-refractivity contribution in [1.29, 1.82) is 0 Å². The van der Waals surface area contributed by atoms with Crippen molar-refractivity contribution in [3.63, 3.8) is 0 Å². The number of nitrogens with two attached hydrogens (primary N) is 1. The van der Waals surface area contributed by atoms with Crippen molar-refractivity contribution < 1.29 is 9.53 Å². The summed E-state index contributed by atoms with van der Waals surface area (Å²) >= 11 is 2.26. The van der Waals surface area contributed by atoms with Gasteiger partial charge in [0.05, 0.1) is 9.77 Å². The van der Waals surface area contributed by atoms with Crippen LogP contribution in [-0.2, 0) is 4.74 Å². The second kappa shape index (κ2) is 6.97. The van der Waals surface area contributed by atoms with Crippen LogP contribution in [0.25, 0.3) is 11.2 Å². The number of fused-ring (bicyclic) bond motifs is 1. The number of hydrogen-bond acceptors (Lipinski definition) is 5. The minimum Gasteiger partial charge on any atom is -0.443 e. The molecular formula is C17H24IN5O2. The van der Waals surface area contributed by atoms with Gasteiger partial charge in [0.2, 0.25) is 0 Å². The van der Waals surface area contributed by atoms with Gasteiger partial charge in [0, 0.05) is 19.3 Å². The fourth-order valence-corrected chi connectivity index (χ4v) is 4.08. The molecule has 3 heterocycles. The fraction of sp³-hybridized carbons (Fsp3) is 0.588. The molecule has 0 radical (unpaired) electrons. The summed E-state index contributed by atoms with van der Waals surface area (Å²) < 4.78 is 6.41. The zero-order valence-corrected chi connectivity index (χ0v) is 16.9. The summed E-state index contributed by atoms with van der Waals surface area (Å²) in [6.45, 7) is 7.81. The Morgan fingerprint density at radius 2 is 2.32 bits per heavy atom. The molecule has 25 heavy (non-hydrogen) atoms. The van der Waals surface area contributed by atoms with Gasteiger partial charge in [-0.3, -0.25) is 0 Å². The average molecular weight is 457 g/mol. The van der Waals surface area contributed by atoms with Gasteiger partial charge < -0.3 is 20.4 Å². The van der Waals surface area contributed by atoms with E-state index in [1.807, 2.05) is 26.2 Å². The number of primary amides is 1. The van der Waals surface area contributed by atoms with Crippen molar-refractivity contribution in [3.05, 3.63) is 16.0 Å². The Bertz CT molecular complexity index is 775.